The quantitative estimate of drug-likeness (QED) is 0.829. The molecule has 2 atom stereocenters. The predicted molar refractivity (Wildman–Crippen MR) is 68.5 cm³/mol. The molecule has 0 saturated heterocycles. The van der Waals surface area contributed by atoms with Crippen molar-refractivity contribution in [3.05, 3.63) is 34.9 Å². The van der Waals surface area contributed by atoms with Gasteiger partial charge in [-0.1, -0.05) is 36.2 Å². The highest BCUT2D eigenvalue weighted by Gasteiger charge is 2.18. The molecule has 0 aliphatic rings. The molecule has 0 saturated carbocycles. The molecule has 0 aromatic heterocycles. The topological polar surface area (TPSA) is 35.2 Å². The lowest BCUT2D eigenvalue weighted by Gasteiger charge is -2.23. The standard InChI is InChI=1S/C14H23NO/c1-5-13(16-6-2)14(15)12-8-10(3)7-11(4)9-12/h7-9,13-14H,5-6,15H2,1-4H3. The number of ether oxygens (including phenoxy) is 1. The summed E-state index contributed by atoms with van der Waals surface area (Å²) in [6.45, 7) is 9.05. The summed E-state index contributed by atoms with van der Waals surface area (Å²) in [5, 5.41) is 0. The molecule has 0 fully saturated rings. The van der Waals surface area contributed by atoms with Gasteiger partial charge < -0.3 is 10.5 Å². The number of hydrogen-bond donors (Lipinski definition) is 1. The molecule has 1 aromatic rings. The van der Waals surface area contributed by atoms with Crippen molar-refractivity contribution in [2.75, 3.05) is 6.61 Å². The number of aryl methyl sites for hydroxylation is 2. The molecule has 0 bridgehead atoms. The third-order valence-corrected chi connectivity index (χ3v) is 2.81. The van der Waals surface area contributed by atoms with Gasteiger partial charge in [0.15, 0.2) is 0 Å². The Morgan fingerprint density at radius 1 is 1.12 bits per heavy atom. The van der Waals surface area contributed by atoms with Crippen molar-refractivity contribution in [1.29, 1.82) is 0 Å². The zero-order valence-electron chi connectivity index (χ0n) is 10.8. The summed E-state index contributed by atoms with van der Waals surface area (Å²) >= 11 is 0. The molecule has 1 aromatic carbocycles. The largest absolute Gasteiger partial charge is 0.377 e. The highest BCUT2D eigenvalue weighted by Crippen LogP contribution is 2.21. The van der Waals surface area contributed by atoms with Crippen LogP contribution in [0.25, 0.3) is 0 Å². The first-order chi connectivity index (χ1) is 7.58. The van der Waals surface area contributed by atoms with Crippen LogP contribution >= 0.6 is 0 Å². The third-order valence-electron chi connectivity index (χ3n) is 2.81. The van der Waals surface area contributed by atoms with Gasteiger partial charge in [-0.3, -0.25) is 0 Å². The minimum Gasteiger partial charge on any atom is -0.377 e. The van der Waals surface area contributed by atoms with Gasteiger partial charge in [0.25, 0.3) is 0 Å². The average molecular weight is 221 g/mol. The second-order valence-corrected chi connectivity index (χ2v) is 4.35. The Labute approximate surface area is 98.8 Å². The maximum Gasteiger partial charge on any atom is 0.0764 e. The first kappa shape index (κ1) is 13.2. The van der Waals surface area contributed by atoms with Crippen molar-refractivity contribution in [2.24, 2.45) is 5.73 Å². The number of benzene rings is 1. The van der Waals surface area contributed by atoms with Crippen LogP contribution in [0.5, 0.6) is 0 Å². The van der Waals surface area contributed by atoms with Crippen molar-refractivity contribution >= 4 is 0 Å². The number of rotatable bonds is 5. The summed E-state index contributed by atoms with van der Waals surface area (Å²) in [5.41, 5.74) is 9.95. The molecule has 2 N–H and O–H groups in total. The fraction of sp³-hybridized carbons (Fsp3) is 0.571. The molecular formula is C14H23NO. The lowest BCUT2D eigenvalue weighted by molar-refractivity contribution is 0.0413. The lowest BCUT2D eigenvalue weighted by Crippen LogP contribution is -2.28. The summed E-state index contributed by atoms with van der Waals surface area (Å²) in [7, 11) is 0. The summed E-state index contributed by atoms with van der Waals surface area (Å²) in [6.07, 6.45) is 1.06. The molecular weight excluding hydrogens is 198 g/mol. The minimum absolute atomic E-state index is 0.0245. The van der Waals surface area contributed by atoms with E-state index >= 15 is 0 Å². The highest BCUT2D eigenvalue weighted by molar-refractivity contribution is 5.31. The molecule has 0 amide bonds. The molecule has 90 valence electrons. The van der Waals surface area contributed by atoms with E-state index in [9.17, 15) is 0 Å². The number of hydrogen-bond acceptors (Lipinski definition) is 2. The van der Waals surface area contributed by atoms with Crippen LogP contribution in [0.4, 0.5) is 0 Å². The Hall–Kier alpha value is -0.860. The monoisotopic (exact) mass is 221 g/mol. The highest BCUT2D eigenvalue weighted by atomic mass is 16.5. The van der Waals surface area contributed by atoms with Crippen LogP contribution in [0.3, 0.4) is 0 Å². The Kier molecular flexibility index (Phi) is 4.97. The van der Waals surface area contributed by atoms with Crippen LogP contribution in [-0.2, 0) is 4.74 Å². The Bertz CT molecular complexity index is 315. The lowest BCUT2D eigenvalue weighted by atomic mass is 9.97. The predicted octanol–water partition coefficient (Wildman–Crippen LogP) is 3.12. The molecule has 1 rings (SSSR count). The molecule has 0 radical (unpaired) electrons. The van der Waals surface area contributed by atoms with Crippen LogP contribution in [-0.4, -0.2) is 12.7 Å². The molecule has 0 heterocycles. The summed E-state index contributed by atoms with van der Waals surface area (Å²) < 4.78 is 5.66. The fourth-order valence-corrected chi connectivity index (χ4v) is 2.11. The average Bonchev–Trinajstić information content (AvgIpc) is 2.23. The van der Waals surface area contributed by atoms with Gasteiger partial charge in [-0.2, -0.15) is 0 Å². The van der Waals surface area contributed by atoms with Gasteiger partial charge in [0.05, 0.1) is 12.1 Å². The zero-order valence-corrected chi connectivity index (χ0v) is 10.8. The van der Waals surface area contributed by atoms with Gasteiger partial charge in [-0.25, -0.2) is 0 Å². The van der Waals surface area contributed by atoms with E-state index in [-0.39, 0.29) is 12.1 Å². The van der Waals surface area contributed by atoms with Gasteiger partial charge in [0.2, 0.25) is 0 Å². The van der Waals surface area contributed by atoms with Gasteiger partial charge >= 0.3 is 0 Å². The summed E-state index contributed by atoms with van der Waals surface area (Å²) in [6, 6.07) is 6.44. The minimum atomic E-state index is -0.0245. The first-order valence-electron chi connectivity index (χ1n) is 6.03. The van der Waals surface area contributed by atoms with E-state index in [1.807, 2.05) is 6.92 Å². The van der Waals surface area contributed by atoms with E-state index in [2.05, 4.69) is 39.0 Å². The van der Waals surface area contributed by atoms with Crippen molar-refractivity contribution in [3.63, 3.8) is 0 Å². The fourth-order valence-electron chi connectivity index (χ4n) is 2.11. The maximum atomic E-state index is 6.25. The maximum absolute atomic E-state index is 6.25. The Morgan fingerprint density at radius 3 is 2.12 bits per heavy atom. The second kappa shape index (κ2) is 6.02. The van der Waals surface area contributed by atoms with Crippen molar-refractivity contribution in [3.8, 4) is 0 Å². The zero-order chi connectivity index (χ0) is 12.1. The van der Waals surface area contributed by atoms with Crippen LogP contribution in [0.2, 0.25) is 0 Å². The van der Waals surface area contributed by atoms with Gasteiger partial charge in [0.1, 0.15) is 0 Å². The van der Waals surface area contributed by atoms with E-state index in [0.29, 0.717) is 0 Å². The van der Waals surface area contributed by atoms with E-state index < -0.39 is 0 Å². The van der Waals surface area contributed by atoms with Crippen molar-refractivity contribution in [1.82, 2.24) is 0 Å². The Morgan fingerprint density at radius 2 is 1.69 bits per heavy atom. The van der Waals surface area contributed by atoms with Crippen LogP contribution in [0, 0.1) is 13.8 Å². The molecule has 2 unspecified atom stereocenters. The summed E-state index contributed by atoms with van der Waals surface area (Å²) in [5.74, 6) is 0. The van der Waals surface area contributed by atoms with Gasteiger partial charge in [-0.15, -0.1) is 0 Å². The van der Waals surface area contributed by atoms with E-state index in [4.69, 9.17) is 10.5 Å². The van der Waals surface area contributed by atoms with E-state index in [0.717, 1.165) is 13.0 Å². The first-order valence-corrected chi connectivity index (χ1v) is 6.03. The third kappa shape index (κ3) is 3.32. The molecule has 0 aliphatic heterocycles. The van der Waals surface area contributed by atoms with Crippen molar-refractivity contribution in [2.45, 2.75) is 46.3 Å². The smallest absolute Gasteiger partial charge is 0.0764 e. The summed E-state index contributed by atoms with van der Waals surface area (Å²) in [4.78, 5) is 0. The molecule has 0 spiro atoms. The Balaban J connectivity index is 2.89. The van der Waals surface area contributed by atoms with Gasteiger partial charge in [0, 0.05) is 6.61 Å². The van der Waals surface area contributed by atoms with E-state index in [1.165, 1.54) is 16.7 Å². The molecule has 0 aliphatic carbocycles. The van der Waals surface area contributed by atoms with Gasteiger partial charge in [-0.05, 0) is 32.8 Å². The second-order valence-electron chi connectivity index (χ2n) is 4.35. The van der Waals surface area contributed by atoms with E-state index in [1.54, 1.807) is 0 Å². The van der Waals surface area contributed by atoms with Crippen molar-refractivity contribution < 1.29 is 4.74 Å². The molecule has 2 heteroatoms. The normalized spacial score (nSPS) is 14.8. The number of nitrogens with two attached hydrogens (primary N) is 1. The molecule has 16 heavy (non-hydrogen) atoms. The van der Waals surface area contributed by atoms with Crippen LogP contribution in [0.15, 0.2) is 18.2 Å². The van der Waals surface area contributed by atoms with Crippen LogP contribution < -0.4 is 5.73 Å². The molecule has 2 nitrogen and oxygen atoms in total. The van der Waals surface area contributed by atoms with Crippen LogP contribution in [0.1, 0.15) is 43.0 Å². The SMILES string of the molecule is CCOC(CC)C(N)c1cc(C)cc(C)c1.